The van der Waals surface area contributed by atoms with Crippen molar-refractivity contribution in [3.8, 4) is 12.1 Å². The van der Waals surface area contributed by atoms with Gasteiger partial charge >= 0.3 is 71.8 Å². The Morgan fingerprint density at radius 3 is 1.19 bits per heavy atom. The fourth-order valence-electron chi connectivity index (χ4n) is 6.03. The first-order chi connectivity index (χ1) is 39.1. The van der Waals surface area contributed by atoms with E-state index in [4.69, 9.17) is 18.4 Å². The molecule has 2 aromatic heterocycles. The van der Waals surface area contributed by atoms with E-state index in [1.807, 2.05) is 0 Å². The number of nitriles is 2. The van der Waals surface area contributed by atoms with Gasteiger partial charge in [-0.2, -0.15) is 50.6 Å². The minimum atomic E-state index is -5.65. The molecule has 22 nitrogen and oxygen atoms in total. The van der Waals surface area contributed by atoms with Gasteiger partial charge in [-0.15, -0.1) is 26.7 Å². The van der Waals surface area contributed by atoms with Gasteiger partial charge in [0.25, 0.3) is 33.1 Å². The van der Waals surface area contributed by atoms with Gasteiger partial charge in [-0.25, -0.2) is 39.7 Å². The Hall–Kier alpha value is -7.11. The molecular formula is C44H44F16N16NiO6P2. The predicted octanol–water partition coefficient (Wildman–Crippen LogP) is 16.1. The molecule has 4 rings (SSSR count). The number of imidazole rings is 2. The molecule has 0 unspecified atom stereocenters. The first-order valence-corrected chi connectivity index (χ1v) is 26.3. The summed E-state index contributed by atoms with van der Waals surface area (Å²) in [6.45, 7) is 13.5. The van der Waals surface area contributed by atoms with Gasteiger partial charge in [0.2, 0.25) is 0 Å². The van der Waals surface area contributed by atoms with Crippen LogP contribution in [0.1, 0.15) is 39.1 Å². The van der Waals surface area contributed by atoms with E-state index in [0.29, 0.717) is 37.6 Å². The van der Waals surface area contributed by atoms with E-state index in [1.54, 1.807) is 49.6 Å². The number of halogens is 16. The van der Waals surface area contributed by atoms with Crippen LogP contribution >= 0.6 is 15.5 Å². The fourth-order valence-corrected chi connectivity index (χ4v) is 8.60. The fraction of sp³-hybridized carbons (Fsp3) is 0.500. The number of azo groups is 2. The second kappa shape index (κ2) is 31.3. The van der Waals surface area contributed by atoms with Gasteiger partial charge in [-0.1, -0.05) is 35.4 Å². The number of anilines is 2. The number of hydrogen-bond donors (Lipinski definition) is 0. The molecule has 0 amide bonds. The van der Waals surface area contributed by atoms with Crippen molar-refractivity contribution >= 4 is 73.1 Å². The maximum absolute atomic E-state index is 13.5. The smallest absolute Gasteiger partial charge is 0.581 e. The predicted molar refractivity (Wildman–Crippen MR) is 266 cm³/mol. The van der Waals surface area contributed by atoms with Crippen LogP contribution in [0.3, 0.4) is 0 Å². The van der Waals surface area contributed by atoms with Crippen LogP contribution < -0.4 is 9.80 Å². The minimum absolute atomic E-state index is 0. The summed E-state index contributed by atoms with van der Waals surface area (Å²) < 4.78 is 255. The second-order valence-corrected chi connectivity index (χ2v) is 19.6. The van der Waals surface area contributed by atoms with E-state index < -0.39 is 103 Å². The van der Waals surface area contributed by atoms with Crippen LogP contribution in [0.2, 0.25) is 0 Å². The second-order valence-electron chi connectivity index (χ2n) is 16.3. The molecule has 0 aliphatic heterocycles. The van der Waals surface area contributed by atoms with Gasteiger partial charge in [0.1, 0.15) is 38.6 Å². The molecule has 0 bridgehead atoms. The third-order valence-corrected chi connectivity index (χ3v) is 13.3. The van der Waals surface area contributed by atoms with Gasteiger partial charge in [-0.05, 0) is 52.0 Å². The molecule has 0 N–H and O–H groups in total. The van der Waals surface area contributed by atoms with Crippen molar-refractivity contribution in [1.29, 1.82) is 10.5 Å². The Bertz CT molecular complexity index is 2970. The molecule has 0 radical (unpaired) electrons. The van der Waals surface area contributed by atoms with Crippen molar-refractivity contribution < 1.29 is 114 Å². The van der Waals surface area contributed by atoms with E-state index in [1.165, 1.54) is 38.4 Å². The number of benzene rings is 2. The van der Waals surface area contributed by atoms with Crippen molar-refractivity contribution in [2.45, 2.75) is 77.1 Å². The molecule has 0 saturated heterocycles. The van der Waals surface area contributed by atoms with E-state index >= 15 is 0 Å². The molecule has 2 heterocycles. The summed E-state index contributed by atoms with van der Waals surface area (Å²) in [5.41, 5.74) is -1.68. The SMILES string of the molecule is CCN(CC)c1ccc(N=Nc2nc(C#N)c(C#N)n2C)c([N-]P(=O)(OCC(F)(F)C(F)F)OCC(F)(F)C(F)F)c1.[C-]#[N+]c1nc(N=Nc2ccc(N(CC)CC)cc2[N-]P(=O)(OCC(F)(F)C(F)F)OCC(F)(F)C(F)F)n(C)c1[N+]#[C-].[Ni+2]. The third-order valence-electron chi connectivity index (χ3n) is 10.6. The third kappa shape index (κ3) is 20.0. The summed E-state index contributed by atoms with van der Waals surface area (Å²) in [6.07, 6.45) is -17.3. The molecule has 0 spiro atoms. The largest absolute Gasteiger partial charge is 2.00 e. The van der Waals surface area contributed by atoms with Crippen molar-refractivity contribution in [1.82, 2.24) is 19.1 Å². The molecule has 0 saturated carbocycles. The van der Waals surface area contributed by atoms with Crippen molar-refractivity contribution in [2.75, 3.05) is 62.4 Å². The van der Waals surface area contributed by atoms with Gasteiger partial charge < -0.3 is 52.3 Å². The van der Waals surface area contributed by atoms with Crippen LogP contribution in [0, 0.1) is 35.8 Å². The van der Waals surface area contributed by atoms with E-state index in [-0.39, 0.29) is 62.8 Å². The number of aromatic nitrogens is 4. The Labute approximate surface area is 482 Å². The Balaban J connectivity index is 0.000000573. The molecule has 85 heavy (non-hydrogen) atoms. The molecule has 0 aliphatic carbocycles. The number of nitrogens with zero attached hydrogens (tertiary/aromatic N) is 16. The summed E-state index contributed by atoms with van der Waals surface area (Å²) in [7, 11) is -8.65. The molecule has 2 aromatic carbocycles. The van der Waals surface area contributed by atoms with Crippen LogP contribution in [0.4, 0.5) is 128 Å². The summed E-state index contributed by atoms with van der Waals surface area (Å²) >= 11 is 0. The number of hydrogen-bond acceptors (Lipinski definition) is 16. The molecule has 0 fully saturated rings. The summed E-state index contributed by atoms with van der Waals surface area (Å²) in [6, 6.07) is 11.0. The van der Waals surface area contributed by atoms with E-state index in [2.05, 4.69) is 68.4 Å². The van der Waals surface area contributed by atoms with Gasteiger partial charge in [-0.3, -0.25) is 9.13 Å². The summed E-state index contributed by atoms with van der Waals surface area (Å²) in [5.74, 6) is -20.8. The Morgan fingerprint density at radius 1 is 0.588 bits per heavy atom. The minimum Gasteiger partial charge on any atom is -0.581 e. The number of alkyl halides is 16. The molecule has 0 aliphatic rings. The van der Waals surface area contributed by atoms with Crippen molar-refractivity contribution in [3.63, 3.8) is 0 Å². The van der Waals surface area contributed by atoms with Crippen LogP contribution in [-0.4, -0.2) is 121 Å². The first-order valence-electron chi connectivity index (χ1n) is 23.3. The van der Waals surface area contributed by atoms with Crippen LogP contribution in [0.5, 0.6) is 0 Å². The standard InChI is InChI=1S/2C22H22F8N8O3P.Ni/c1-6-38(7-2)13-8-9-14(34-35-20-33-16(31-3)17(32-4)37(20)5)15(10-13)36-42(39,40-11-21(27,28)18(23)24)41-12-22(29,30)19(25)26;1-4-38(5-2)13-6-7-14(34-35-20-33-16(9-31)17(10-32)37(20)3)15(8-13)36-42(39,40-11-21(27,28)18(23)24)41-12-22(29,30)19(25)26;/h8-10,18-19H,6-7,11-12H2,1-2,5H3;6-8,18-19H,4-5,11-12H2,1-3H3;/q2*-1;+2. The molecule has 0 atom stereocenters. The summed E-state index contributed by atoms with van der Waals surface area (Å²) in [4.78, 5) is 17.2. The molecule has 468 valence electrons. The molecular weight excluding hydrogens is 1270 g/mol. The normalized spacial score (nSPS) is 12.5. The van der Waals surface area contributed by atoms with Gasteiger partial charge in [0.15, 0.2) is 11.4 Å². The topological polar surface area (TPSA) is 247 Å². The van der Waals surface area contributed by atoms with Crippen LogP contribution in [-0.2, 0) is 57.8 Å². The average molecular weight is 1320 g/mol. The van der Waals surface area contributed by atoms with Crippen LogP contribution in [0.25, 0.3) is 19.9 Å². The Kier molecular flexibility index (Phi) is 27.3. The summed E-state index contributed by atoms with van der Waals surface area (Å²) in [5, 5.41) is 40.4. The van der Waals surface area contributed by atoms with Crippen LogP contribution in [0.15, 0.2) is 56.9 Å². The maximum Gasteiger partial charge on any atom is 2.00 e. The van der Waals surface area contributed by atoms with Gasteiger partial charge in [0, 0.05) is 44.6 Å². The number of rotatable bonds is 30. The Morgan fingerprint density at radius 2 is 0.929 bits per heavy atom. The monoisotopic (exact) mass is 1320 g/mol. The zero-order valence-corrected chi connectivity index (χ0v) is 47.1. The maximum atomic E-state index is 13.5. The quantitative estimate of drug-likeness (QED) is 0.0155. The van der Waals surface area contributed by atoms with E-state index in [9.17, 15) is 84.6 Å². The molecule has 41 heteroatoms. The van der Waals surface area contributed by atoms with Crippen molar-refractivity contribution in [2.24, 2.45) is 34.6 Å². The zero-order chi connectivity index (χ0) is 63.8. The van der Waals surface area contributed by atoms with Gasteiger partial charge in [0.05, 0.1) is 18.4 Å². The molecule has 4 aromatic rings. The first kappa shape index (κ1) is 74.0. The average Bonchev–Trinajstić information content (AvgIpc) is 3.93. The zero-order valence-electron chi connectivity index (χ0n) is 44.3. The van der Waals surface area contributed by atoms with E-state index in [0.717, 1.165) is 21.3 Å². The van der Waals surface area contributed by atoms with Crippen molar-refractivity contribution in [3.05, 3.63) is 80.8 Å².